The lowest BCUT2D eigenvalue weighted by molar-refractivity contribution is -0.173. The van der Waals surface area contributed by atoms with E-state index < -0.39 is 24.6 Å². The molecule has 0 saturated heterocycles. The van der Waals surface area contributed by atoms with Crippen LogP contribution in [0.15, 0.2) is 18.2 Å². The highest BCUT2D eigenvalue weighted by Gasteiger charge is 2.35. The summed E-state index contributed by atoms with van der Waals surface area (Å²) < 4.78 is 40.0. The van der Waals surface area contributed by atoms with Gasteiger partial charge in [0.2, 0.25) is 0 Å². The Hall–Kier alpha value is -2.09. The van der Waals surface area contributed by atoms with Crippen LogP contribution >= 0.6 is 0 Å². The standard InChI is InChI=1S/C12H11F3N2O3/c13-12(14,15)6-20-4-3-17-10(18)8-2-1-7(16)5-9(8)11(17)19/h1-2,5H,3-4,6,16H2. The Morgan fingerprint density at radius 1 is 1.15 bits per heavy atom. The van der Waals surface area contributed by atoms with Crippen molar-refractivity contribution in [3.8, 4) is 0 Å². The molecule has 108 valence electrons. The molecule has 20 heavy (non-hydrogen) atoms. The quantitative estimate of drug-likeness (QED) is 0.517. The molecule has 0 atom stereocenters. The number of rotatable bonds is 4. The molecule has 1 aromatic rings. The number of fused-ring (bicyclic) bond motifs is 1. The number of ether oxygens (including phenoxy) is 1. The van der Waals surface area contributed by atoms with Crippen LogP contribution in [-0.2, 0) is 4.74 Å². The fourth-order valence-corrected chi connectivity index (χ4v) is 1.86. The highest BCUT2D eigenvalue weighted by Crippen LogP contribution is 2.24. The number of halogens is 3. The van der Waals surface area contributed by atoms with E-state index in [0.717, 1.165) is 4.90 Å². The zero-order chi connectivity index (χ0) is 14.9. The number of anilines is 1. The topological polar surface area (TPSA) is 72.6 Å². The number of carbonyl (C=O) groups excluding carboxylic acids is 2. The van der Waals surface area contributed by atoms with Crippen LogP contribution in [0.1, 0.15) is 20.7 Å². The highest BCUT2D eigenvalue weighted by atomic mass is 19.4. The summed E-state index contributed by atoms with van der Waals surface area (Å²) in [4.78, 5) is 24.7. The van der Waals surface area contributed by atoms with Gasteiger partial charge in [-0.2, -0.15) is 13.2 Å². The average molecular weight is 288 g/mol. The molecule has 2 rings (SSSR count). The SMILES string of the molecule is Nc1ccc2c(c1)C(=O)N(CCOCC(F)(F)F)C2=O. The first-order valence-electron chi connectivity index (χ1n) is 5.70. The van der Waals surface area contributed by atoms with Crippen LogP contribution in [-0.4, -0.2) is 42.6 Å². The van der Waals surface area contributed by atoms with E-state index in [-0.39, 0.29) is 24.3 Å². The van der Waals surface area contributed by atoms with E-state index in [1.165, 1.54) is 18.2 Å². The fraction of sp³-hybridized carbons (Fsp3) is 0.333. The molecule has 5 nitrogen and oxygen atoms in total. The number of imide groups is 1. The van der Waals surface area contributed by atoms with Crippen LogP contribution in [0.4, 0.5) is 18.9 Å². The van der Waals surface area contributed by atoms with Crippen molar-refractivity contribution in [1.82, 2.24) is 4.90 Å². The second kappa shape index (κ2) is 5.12. The first kappa shape index (κ1) is 14.3. The van der Waals surface area contributed by atoms with Gasteiger partial charge in [-0.3, -0.25) is 14.5 Å². The van der Waals surface area contributed by atoms with E-state index in [1.54, 1.807) is 0 Å². The molecule has 0 radical (unpaired) electrons. The zero-order valence-electron chi connectivity index (χ0n) is 10.2. The van der Waals surface area contributed by atoms with Crippen molar-refractivity contribution >= 4 is 17.5 Å². The normalized spacial score (nSPS) is 14.8. The van der Waals surface area contributed by atoms with Crippen LogP contribution < -0.4 is 5.73 Å². The summed E-state index contributed by atoms with van der Waals surface area (Å²) in [5.74, 6) is -1.13. The maximum absolute atomic E-state index is 11.9. The third-order valence-electron chi connectivity index (χ3n) is 2.72. The largest absolute Gasteiger partial charge is 0.411 e. The zero-order valence-corrected chi connectivity index (χ0v) is 10.2. The van der Waals surface area contributed by atoms with E-state index in [0.29, 0.717) is 5.69 Å². The molecule has 0 fully saturated rings. The van der Waals surface area contributed by atoms with Crippen molar-refractivity contribution in [2.45, 2.75) is 6.18 Å². The Morgan fingerprint density at radius 3 is 2.45 bits per heavy atom. The summed E-state index contributed by atoms with van der Waals surface area (Å²) in [5, 5.41) is 0. The maximum atomic E-state index is 11.9. The van der Waals surface area contributed by atoms with E-state index in [4.69, 9.17) is 5.73 Å². The Balaban J connectivity index is 1.99. The van der Waals surface area contributed by atoms with Gasteiger partial charge in [-0.25, -0.2) is 0 Å². The van der Waals surface area contributed by atoms with Crippen LogP contribution in [0.3, 0.4) is 0 Å². The number of nitrogens with zero attached hydrogens (tertiary/aromatic N) is 1. The van der Waals surface area contributed by atoms with Crippen LogP contribution in [0.2, 0.25) is 0 Å². The van der Waals surface area contributed by atoms with Gasteiger partial charge >= 0.3 is 6.18 Å². The predicted molar refractivity (Wildman–Crippen MR) is 63.1 cm³/mol. The lowest BCUT2D eigenvalue weighted by Gasteiger charge is -2.14. The van der Waals surface area contributed by atoms with Gasteiger partial charge in [0, 0.05) is 5.69 Å². The van der Waals surface area contributed by atoms with Gasteiger partial charge < -0.3 is 10.5 Å². The second-order valence-electron chi connectivity index (χ2n) is 4.23. The Bertz CT molecular complexity index is 557. The van der Waals surface area contributed by atoms with E-state index in [2.05, 4.69) is 4.74 Å². The van der Waals surface area contributed by atoms with Gasteiger partial charge in [0.25, 0.3) is 11.8 Å². The summed E-state index contributed by atoms with van der Waals surface area (Å²) in [7, 11) is 0. The van der Waals surface area contributed by atoms with Gasteiger partial charge in [-0.05, 0) is 18.2 Å². The molecule has 2 amide bonds. The van der Waals surface area contributed by atoms with Gasteiger partial charge in [0.1, 0.15) is 6.61 Å². The lowest BCUT2D eigenvalue weighted by Crippen LogP contribution is -2.33. The minimum absolute atomic E-state index is 0.158. The van der Waals surface area contributed by atoms with E-state index >= 15 is 0 Å². The number of carbonyl (C=O) groups is 2. The van der Waals surface area contributed by atoms with Crippen molar-refractivity contribution in [2.24, 2.45) is 0 Å². The molecule has 1 aliphatic heterocycles. The summed E-state index contributed by atoms with van der Waals surface area (Å²) in [5.41, 5.74) is 6.21. The molecule has 1 aromatic carbocycles. The number of nitrogen functional groups attached to an aromatic ring is 1. The van der Waals surface area contributed by atoms with E-state index in [1.807, 2.05) is 0 Å². The molecule has 0 aliphatic carbocycles. The minimum Gasteiger partial charge on any atom is -0.399 e. The molecule has 0 saturated carbocycles. The highest BCUT2D eigenvalue weighted by molar-refractivity contribution is 6.21. The Morgan fingerprint density at radius 2 is 1.80 bits per heavy atom. The maximum Gasteiger partial charge on any atom is 0.411 e. The molecular formula is C12H11F3N2O3. The summed E-state index contributed by atoms with van der Waals surface area (Å²) in [6.07, 6.45) is -4.43. The van der Waals surface area contributed by atoms with Crippen molar-refractivity contribution < 1.29 is 27.5 Å². The van der Waals surface area contributed by atoms with Crippen molar-refractivity contribution in [3.63, 3.8) is 0 Å². The Kier molecular flexibility index (Phi) is 3.67. The number of nitrogens with two attached hydrogens (primary N) is 1. The van der Waals surface area contributed by atoms with Crippen molar-refractivity contribution in [2.75, 3.05) is 25.5 Å². The number of alkyl halides is 3. The minimum atomic E-state index is -4.43. The average Bonchev–Trinajstić information content (AvgIpc) is 2.57. The molecule has 0 aromatic heterocycles. The third-order valence-corrected chi connectivity index (χ3v) is 2.72. The molecular weight excluding hydrogens is 277 g/mol. The number of benzene rings is 1. The monoisotopic (exact) mass is 288 g/mol. The smallest absolute Gasteiger partial charge is 0.399 e. The third kappa shape index (κ3) is 2.90. The van der Waals surface area contributed by atoms with E-state index in [9.17, 15) is 22.8 Å². The van der Waals surface area contributed by atoms with Crippen LogP contribution in [0.25, 0.3) is 0 Å². The molecule has 1 heterocycles. The number of hydrogen-bond acceptors (Lipinski definition) is 4. The molecule has 0 bridgehead atoms. The molecule has 1 aliphatic rings. The molecule has 0 spiro atoms. The first-order valence-corrected chi connectivity index (χ1v) is 5.70. The van der Waals surface area contributed by atoms with Crippen LogP contribution in [0, 0.1) is 0 Å². The van der Waals surface area contributed by atoms with Gasteiger partial charge in [-0.1, -0.05) is 0 Å². The summed E-state index contributed by atoms with van der Waals surface area (Å²) in [6.45, 7) is -2.02. The van der Waals surface area contributed by atoms with Gasteiger partial charge in [-0.15, -0.1) is 0 Å². The first-order chi connectivity index (χ1) is 9.29. The van der Waals surface area contributed by atoms with Crippen LogP contribution in [0.5, 0.6) is 0 Å². The molecule has 8 heteroatoms. The van der Waals surface area contributed by atoms with Gasteiger partial charge in [0.05, 0.1) is 24.3 Å². The Labute approximate surface area is 112 Å². The molecule has 0 unspecified atom stereocenters. The number of amides is 2. The van der Waals surface area contributed by atoms with Crippen molar-refractivity contribution in [3.05, 3.63) is 29.3 Å². The van der Waals surface area contributed by atoms with Gasteiger partial charge in [0.15, 0.2) is 0 Å². The predicted octanol–water partition coefficient (Wildman–Crippen LogP) is 1.44. The lowest BCUT2D eigenvalue weighted by atomic mass is 10.1. The molecule has 2 N–H and O–H groups in total. The second-order valence-corrected chi connectivity index (χ2v) is 4.23. The fourth-order valence-electron chi connectivity index (χ4n) is 1.86. The summed E-state index contributed by atoms with van der Waals surface area (Å²) >= 11 is 0. The van der Waals surface area contributed by atoms with Crippen molar-refractivity contribution in [1.29, 1.82) is 0 Å². The summed E-state index contributed by atoms with van der Waals surface area (Å²) in [6, 6.07) is 4.27. The number of hydrogen-bond donors (Lipinski definition) is 1.